The van der Waals surface area contributed by atoms with Gasteiger partial charge >= 0.3 is 11.4 Å². The van der Waals surface area contributed by atoms with Crippen molar-refractivity contribution in [2.45, 2.75) is 57.3 Å². The van der Waals surface area contributed by atoms with Crippen LogP contribution >= 0.6 is 31.9 Å². The van der Waals surface area contributed by atoms with E-state index in [1.165, 1.54) is 41.5 Å². The van der Waals surface area contributed by atoms with Crippen molar-refractivity contribution in [3.63, 3.8) is 0 Å². The predicted molar refractivity (Wildman–Crippen MR) is 123 cm³/mol. The summed E-state index contributed by atoms with van der Waals surface area (Å²) in [6.07, 6.45) is 7.44. The summed E-state index contributed by atoms with van der Waals surface area (Å²) in [5.41, 5.74) is 5.44. The number of hydrogen-bond acceptors (Lipinski definition) is 2. The van der Waals surface area contributed by atoms with Crippen LogP contribution in [0.5, 0.6) is 0 Å². The van der Waals surface area contributed by atoms with E-state index in [2.05, 4.69) is 75.2 Å². The molecule has 1 atom stereocenters. The molecule has 0 bridgehead atoms. The third-order valence-electron chi connectivity index (χ3n) is 5.67. The van der Waals surface area contributed by atoms with Crippen molar-refractivity contribution in [3.8, 4) is 11.1 Å². The van der Waals surface area contributed by atoms with Crippen LogP contribution < -0.4 is 0 Å². The summed E-state index contributed by atoms with van der Waals surface area (Å²) in [6.45, 7) is 2.55. The van der Waals surface area contributed by atoms with E-state index in [9.17, 15) is 4.21 Å². The Morgan fingerprint density at radius 3 is 1.96 bits per heavy atom. The second kappa shape index (κ2) is 9.98. The van der Waals surface area contributed by atoms with Crippen LogP contribution in [-0.2, 0) is 21.0 Å². The van der Waals surface area contributed by atoms with Gasteiger partial charge in [-0.1, -0.05) is 70.2 Å². The van der Waals surface area contributed by atoms with Crippen molar-refractivity contribution < 1.29 is 12.9 Å². The summed E-state index contributed by atoms with van der Waals surface area (Å²) in [4.78, 5) is 0. The van der Waals surface area contributed by atoms with E-state index >= 15 is 0 Å². The Kier molecular flexibility index (Phi) is 7.90. The average molecular weight is 530 g/mol. The fraction of sp³-hybridized carbons (Fsp3) is 0.455. The lowest BCUT2D eigenvalue weighted by molar-refractivity contribution is 0.289. The molecule has 2 aromatic rings. The van der Waals surface area contributed by atoms with Gasteiger partial charge in [0.25, 0.3) is 0 Å². The lowest BCUT2D eigenvalue weighted by Crippen LogP contribution is -2.25. The van der Waals surface area contributed by atoms with E-state index in [0.29, 0.717) is 6.61 Å². The molecule has 3 rings (SSSR count). The van der Waals surface area contributed by atoms with E-state index in [4.69, 9.17) is 8.74 Å². The molecule has 1 N–H and O–H groups in total. The maximum atomic E-state index is 10.7. The van der Waals surface area contributed by atoms with Gasteiger partial charge in [0.05, 0.1) is 6.61 Å². The number of hydrogen-bond donors (Lipinski definition) is 1. The first-order chi connectivity index (χ1) is 13.5. The molecule has 0 radical (unpaired) electrons. The third-order valence-corrected chi connectivity index (χ3v) is 7.03. The summed E-state index contributed by atoms with van der Waals surface area (Å²) in [6, 6.07) is 13.3. The third kappa shape index (κ3) is 4.78. The van der Waals surface area contributed by atoms with Crippen LogP contribution in [-0.4, -0.2) is 15.4 Å². The highest BCUT2D eigenvalue weighted by Crippen LogP contribution is 2.55. The minimum atomic E-state index is -2.18. The second-order valence-corrected chi connectivity index (χ2v) is 9.92. The van der Waals surface area contributed by atoms with Crippen LogP contribution in [0.3, 0.4) is 0 Å². The molecule has 0 aliphatic heterocycles. The van der Waals surface area contributed by atoms with Gasteiger partial charge < -0.3 is 0 Å². The molecule has 0 aromatic heterocycles. The largest absolute Gasteiger partial charge is 0.301 e. The zero-order valence-corrected chi connectivity index (χ0v) is 20.0. The van der Waals surface area contributed by atoms with Crippen molar-refractivity contribution in [2.24, 2.45) is 0 Å². The van der Waals surface area contributed by atoms with Crippen molar-refractivity contribution >= 4 is 43.2 Å². The molecule has 152 valence electrons. The minimum absolute atomic E-state index is 0.0221. The van der Waals surface area contributed by atoms with Crippen LogP contribution in [0.25, 0.3) is 11.1 Å². The van der Waals surface area contributed by atoms with E-state index in [1.54, 1.807) is 0 Å². The van der Waals surface area contributed by atoms with Gasteiger partial charge in [0.15, 0.2) is 0 Å². The maximum absolute atomic E-state index is 10.7. The van der Waals surface area contributed by atoms with Gasteiger partial charge in [0, 0.05) is 14.4 Å². The molecule has 2 aromatic carbocycles. The van der Waals surface area contributed by atoms with Gasteiger partial charge in [-0.25, -0.2) is 0 Å². The molecule has 1 aliphatic carbocycles. The topological polar surface area (TPSA) is 46.5 Å². The molecule has 3 nitrogen and oxygen atoms in total. The Hall–Kier alpha value is -0.530. The van der Waals surface area contributed by atoms with E-state index in [-0.39, 0.29) is 5.41 Å². The van der Waals surface area contributed by atoms with Gasteiger partial charge in [-0.2, -0.15) is 4.21 Å². The first kappa shape index (κ1) is 22.2. The van der Waals surface area contributed by atoms with Gasteiger partial charge in [0.1, 0.15) is 0 Å². The molecular weight excluding hydrogens is 504 g/mol. The smallest absolute Gasteiger partial charge is 0.284 e. The van der Waals surface area contributed by atoms with Gasteiger partial charge in [-0.15, -0.1) is 0 Å². The lowest BCUT2D eigenvalue weighted by Gasteiger charge is -2.33. The minimum Gasteiger partial charge on any atom is -0.284 e. The first-order valence-corrected chi connectivity index (χ1v) is 12.4. The fourth-order valence-electron chi connectivity index (χ4n) is 4.44. The highest BCUT2D eigenvalue weighted by Gasteiger charge is 2.42. The summed E-state index contributed by atoms with van der Waals surface area (Å²) < 4.78 is 26.6. The molecule has 0 saturated heterocycles. The second-order valence-electron chi connectivity index (χ2n) is 7.42. The predicted octanol–water partition coefficient (Wildman–Crippen LogP) is 7.38. The molecule has 28 heavy (non-hydrogen) atoms. The normalized spacial score (nSPS) is 15.3. The Morgan fingerprint density at radius 2 is 1.46 bits per heavy atom. The van der Waals surface area contributed by atoms with Crippen molar-refractivity contribution in [1.82, 2.24) is 0 Å². The monoisotopic (exact) mass is 528 g/mol. The molecule has 0 spiro atoms. The van der Waals surface area contributed by atoms with Gasteiger partial charge in [-0.3, -0.25) is 8.74 Å². The zero-order chi connectivity index (χ0) is 20.1. The standard InChI is InChI=1S/C22H26Br2O3S/c1-2-3-4-11-22(12-5-6-13-27-28(25)26)20-14-16(23)7-9-18(20)19-10-8-17(24)15-21(19)22/h7-10,14-15H,2-6,11-13H2,1H3,(H,25,26). The Morgan fingerprint density at radius 1 is 0.929 bits per heavy atom. The zero-order valence-electron chi connectivity index (χ0n) is 16.0. The molecular formula is C22H26Br2O3S. The summed E-state index contributed by atoms with van der Waals surface area (Å²) in [5, 5.41) is 0. The van der Waals surface area contributed by atoms with Gasteiger partial charge in [-0.05, 0) is 72.2 Å². The van der Waals surface area contributed by atoms with Crippen LogP contribution in [0.15, 0.2) is 45.3 Å². The molecule has 1 aliphatic rings. The lowest BCUT2D eigenvalue weighted by atomic mass is 9.71. The van der Waals surface area contributed by atoms with E-state index in [1.807, 2.05) is 0 Å². The van der Waals surface area contributed by atoms with Crippen LogP contribution in [0.4, 0.5) is 0 Å². The Balaban J connectivity index is 1.97. The molecule has 1 unspecified atom stereocenters. The quantitative estimate of drug-likeness (QED) is 0.258. The molecule has 0 saturated carbocycles. The fourth-order valence-corrected chi connectivity index (χ4v) is 5.42. The van der Waals surface area contributed by atoms with Crippen LogP contribution in [0, 0.1) is 0 Å². The number of unbranched alkanes of at least 4 members (excludes halogenated alkanes) is 3. The number of rotatable bonds is 10. The Labute approximate surface area is 187 Å². The van der Waals surface area contributed by atoms with Gasteiger partial charge in [0.2, 0.25) is 0 Å². The summed E-state index contributed by atoms with van der Waals surface area (Å²) in [5.74, 6) is 0. The first-order valence-electron chi connectivity index (χ1n) is 9.82. The van der Waals surface area contributed by atoms with Crippen LogP contribution in [0.1, 0.15) is 63.0 Å². The van der Waals surface area contributed by atoms with Crippen molar-refractivity contribution in [2.75, 3.05) is 6.61 Å². The SMILES string of the molecule is CCCCCC1(CCCCOS(=O)O)c2cc(Br)ccc2-c2ccc(Br)cc21. The van der Waals surface area contributed by atoms with Crippen LogP contribution in [0.2, 0.25) is 0 Å². The number of fused-ring (bicyclic) bond motifs is 3. The van der Waals surface area contributed by atoms with Crippen molar-refractivity contribution in [1.29, 1.82) is 0 Å². The highest BCUT2D eigenvalue weighted by atomic mass is 79.9. The summed E-state index contributed by atoms with van der Waals surface area (Å²) in [7, 11) is 0. The molecule has 6 heteroatoms. The summed E-state index contributed by atoms with van der Waals surface area (Å²) >= 11 is 5.17. The highest BCUT2D eigenvalue weighted by molar-refractivity contribution is 9.10. The van der Waals surface area contributed by atoms with Crippen molar-refractivity contribution in [3.05, 3.63) is 56.5 Å². The molecule has 0 amide bonds. The van der Waals surface area contributed by atoms with E-state index in [0.717, 1.165) is 34.6 Å². The average Bonchev–Trinajstić information content (AvgIpc) is 2.91. The molecule has 0 fully saturated rings. The Bertz CT molecular complexity index is 802. The number of benzene rings is 2. The maximum Gasteiger partial charge on any atom is 0.301 e. The van der Waals surface area contributed by atoms with E-state index < -0.39 is 11.4 Å². The number of halogens is 2. The molecule has 0 heterocycles.